The number of carbonyl (C=O) groups is 1. The predicted molar refractivity (Wildman–Crippen MR) is 97.1 cm³/mol. The molecule has 1 aliphatic carbocycles. The molecule has 0 radical (unpaired) electrons. The van der Waals surface area contributed by atoms with Crippen molar-refractivity contribution in [2.75, 3.05) is 7.11 Å². The number of aromatic nitrogens is 3. The van der Waals surface area contributed by atoms with Gasteiger partial charge in [0.15, 0.2) is 5.69 Å². The van der Waals surface area contributed by atoms with Gasteiger partial charge in [0.1, 0.15) is 5.75 Å². The van der Waals surface area contributed by atoms with Crippen LogP contribution in [0.1, 0.15) is 39.6 Å². The van der Waals surface area contributed by atoms with Crippen molar-refractivity contribution in [3.8, 4) is 5.75 Å². The van der Waals surface area contributed by atoms with Crippen LogP contribution < -0.4 is 10.1 Å². The van der Waals surface area contributed by atoms with Gasteiger partial charge >= 0.3 is 0 Å². The Kier molecular flexibility index (Phi) is 4.39. The molecule has 6 nitrogen and oxygen atoms in total. The number of nitrogens with zero attached hydrogens (tertiary/aromatic N) is 3. The van der Waals surface area contributed by atoms with E-state index in [4.69, 9.17) is 4.74 Å². The molecular formula is C20H20N4O2. The van der Waals surface area contributed by atoms with Crippen LogP contribution in [0, 0.1) is 0 Å². The van der Waals surface area contributed by atoms with E-state index in [-0.39, 0.29) is 11.9 Å². The molecule has 1 heterocycles. The maximum Gasteiger partial charge on any atom is 0.273 e. The third kappa shape index (κ3) is 3.31. The number of rotatable bonds is 5. The van der Waals surface area contributed by atoms with E-state index in [1.165, 1.54) is 11.1 Å². The van der Waals surface area contributed by atoms with Gasteiger partial charge in [0.2, 0.25) is 0 Å². The van der Waals surface area contributed by atoms with Crippen molar-refractivity contribution in [3.05, 3.63) is 77.1 Å². The largest absolute Gasteiger partial charge is 0.497 e. The molecule has 6 heteroatoms. The van der Waals surface area contributed by atoms with Crippen LogP contribution in [-0.2, 0) is 13.0 Å². The number of fused-ring (bicyclic) bond motifs is 1. The van der Waals surface area contributed by atoms with Crippen LogP contribution in [0.3, 0.4) is 0 Å². The first-order chi connectivity index (χ1) is 12.7. The van der Waals surface area contributed by atoms with Crippen molar-refractivity contribution in [1.29, 1.82) is 0 Å². The Labute approximate surface area is 151 Å². The first-order valence-electron chi connectivity index (χ1n) is 8.64. The van der Waals surface area contributed by atoms with E-state index in [1.807, 2.05) is 36.4 Å². The Morgan fingerprint density at radius 1 is 1.23 bits per heavy atom. The fourth-order valence-corrected chi connectivity index (χ4v) is 3.34. The lowest BCUT2D eigenvalue weighted by atomic mass is 10.1. The average molecular weight is 348 g/mol. The van der Waals surface area contributed by atoms with Gasteiger partial charge in [0.05, 0.1) is 25.9 Å². The smallest absolute Gasteiger partial charge is 0.273 e. The van der Waals surface area contributed by atoms with E-state index < -0.39 is 0 Å². The number of benzene rings is 2. The Morgan fingerprint density at radius 2 is 2.04 bits per heavy atom. The summed E-state index contributed by atoms with van der Waals surface area (Å²) in [6.45, 7) is 0.552. The molecule has 1 N–H and O–H groups in total. The van der Waals surface area contributed by atoms with Gasteiger partial charge in [-0.1, -0.05) is 41.6 Å². The molecule has 2 aromatic carbocycles. The maximum absolute atomic E-state index is 12.5. The molecule has 1 atom stereocenters. The molecule has 0 bridgehead atoms. The summed E-state index contributed by atoms with van der Waals surface area (Å²) in [6.07, 6.45) is 3.59. The van der Waals surface area contributed by atoms with E-state index in [1.54, 1.807) is 18.0 Å². The normalized spacial score (nSPS) is 15.5. The van der Waals surface area contributed by atoms with Gasteiger partial charge < -0.3 is 10.1 Å². The van der Waals surface area contributed by atoms with Crippen LogP contribution in [0.15, 0.2) is 54.7 Å². The van der Waals surface area contributed by atoms with Gasteiger partial charge in [0, 0.05) is 0 Å². The Balaban J connectivity index is 1.42. The minimum atomic E-state index is -0.187. The molecule has 1 unspecified atom stereocenters. The molecule has 3 aromatic rings. The Hall–Kier alpha value is -3.15. The van der Waals surface area contributed by atoms with Gasteiger partial charge in [-0.05, 0) is 41.7 Å². The minimum absolute atomic E-state index is 0.0467. The summed E-state index contributed by atoms with van der Waals surface area (Å²) >= 11 is 0. The molecule has 132 valence electrons. The number of ether oxygens (including phenoxy) is 1. The molecule has 0 saturated heterocycles. The number of carbonyl (C=O) groups excluding carboxylic acids is 1. The molecule has 26 heavy (non-hydrogen) atoms. The number of amides is 1. The van der Waals surface area contributed by atoms with E-state index in [9.17, 15) is 4.79 Å². The SMILES string of the molecule is COc1ccc(Cn2cc(C(=O)NC3CCc4ccccc43)nn2)cc1. The Morgan fingerprint density at radius 3 is 2.85 bits per heavy atom. The summed E-state index contributed by atoms with van der Waals surface area (Å²) in [7, 11) is 1.64. The van der Waals surface area contributed by atoms with Crippen molar-refractivity contribution in [2.24, 2.45) is 0 Å². The molecule has 0 fully saturated rings. The molecular weight excluding hydrogens is 328 g/mol. The van der Waals surface area contributed by atoms with Crippen LogP contribution in [0.4, 0.5) is 0 Å². The lowest BCUT2D eigenvalue weighted by Crippen LogP contribution is -2.27. The second kappa shape index (κ2) is 7.00. The van der Waals surface area contributed by atoms with E-state index >= 15 is 0 Å². The van der Waals surface area contributed by atoms with Crippen molar-refractivity contribution in [1.82, 2.24) is 20.3 Å². The molecule has 0 saturated carbocycles. The highest BCUT2D eigenvalue weighted by atomic mass is 16.5. The second-order valence-corrected chi connectivity index (χ2v) is 6.41. The third-order valence-electron chi connectivity index (χ3n) is 4.71. The van der Waals surface area contributed by atoms with Crippen LogP contribution in [0.25, 0.3) is 0 Å². The summed E-state index contributed by atoms with van der Waals surface area (Å²) in [4.78, 5) is 12.5. The zero-order valence-corrected chi connectivity index (χ0v) is 14.6. The average Bonchev–Trinajstić information content (AvgIpc) is 3.30. The van der Waals surface area contributed by atoms with Gasteiger partial charge in [-0.3, -0.25) is 4.79 Å². The molecule has 1 aliphatic rings. The molecule has 1 amide bonds. The summed E-state index contributed by atoms with van der Waals surface area (Å²) in [6, 6.07) is 16.0. The van der Waals surface area contributed by atoms with Crippen molar-refractivity contribution >= 4 is 5.91 Å². The number of aryl methyl sites for hydroxylation is 1. The number of methoxy groups -OCH3 is 1. The maximum atomic E-state index is 12.5. The number of hydrogen-bond acceptors (Lipinski definition) is 4. The van der Waals surface area contributed by atoms with Gasteiger partial charge in [-0.15, -0.1) is 5.10 Å². The highest BCUT2D eigenvalue weighted by Gasteiger charge is 2.24. The van der Waals surface area contributed by atoms with Crippen molar-refractivity contribution < 1.29 is 9.53 Å². The Bertz CT molecular complexity index is 918. The quantitative estimate of drug-likeness (QED) is 0.770. The summed E-state index contributed by atoms with van der Waals surface area (Å²) in [5, 5.41) is 11.2. The first kappa shape index (κ1) is 16.3. The molecule has 1 aromatic heterocycles. The summed E-state index contributed by atoms with van der Waals surface area (Å²) in [5.74, 6) is 0.622. The van der Waals surface area contributed by atoms with Gasteiger partial charge in [-0.25, -0.2) is 4.68 Å². The predicted octanol–water partition coefficient (Wildman–Crippen LogP) is 2.75. The lowest BCUT2D eigenvalue weighted by molar-refractivity contribution is 0.0931. The highest BCUT2D eigenvalue weighted by molar-refractivity contribution is 5.92. The van der Waals surface area contributed by atoms with E-state index in [0.717, 1.165) is 24.2 Å². The van der Waals surface area contributed by atoms with Crippen LogP contribution in [-0.4, -0.2) is 28.0 Å². The zero-order valence-electron chi connectivity index (χ0n) is 14.6. The second-order valence-electron chi connectivity index (χ2n) is 6.41. The van der Waals surface area contributed by atoms with Gasteiger partial charge in [0.25, 0.3) is 5.91 Å². The first-order valence-corrected chi connectivity index (χ1v) is 8.64. The van der Waals surface area contributed by atoms with Crippen LogP contribution in [0.2, 0.25) is 0 Å². The highest BCUT2D eigenvalue weighted by Crippen LogP contribution is 2.30. The third-order valence-corrected chi connectivity index (χ3v) is 4.71. The van der Waals surface area contributed by atoms with E-state index in [0.29, 0.717) is 12.2 Å². The topological polar surface area (TPSA) is 69.0 Å². The fraction of sp³-hybridized carbons (Fsp3) is 0.250. The lowest BCUT2D eigenvalue weighted by Gasteiger charge is -2.12. The summed E-state index contributed by atoms with van der Waals surface area (Å²) < 4.78 is 6.82. The van der Waals surface area contributed by atoms with E-state index in [2.05, 4.69) is 27.8 Å². The number of hydrogen-bond donors (Lipinski definition) is 1. The van der Waals surface area contributed by atoms with Crippen LogP contribution >= 0.6 is 0 Å². The molecule has 0 spiro atoms. The zero-order chi connectivity index (χ0) is 17.9. The number of nitrogens with one attached hydrogen (secondary N) is 1. The molecule has 0 aliphatic heterocycles. The standard InChI is InChI=1S/C20H20N4O2/c1-26-16-9-6-14(7-10-16)12-24-13-19(22-23-24)20(25)21-18-11-8-15-4-2-3-5-17(15)18/h2-7,9-10,13,18H,8,11-12H2,1H3,(H,21,25). The fourth-order valence-electron chi connectivity index (χ4n) is 3.34. The summed E-state index contributed by atoms with van der Waals surface area (Å²) in [5.41, 5.74) is 3.91. The monoisotopic (exact) mass is 348 g/mol. The van der Waals surface area contributed by atoms with Gasteiger partial charge in [-0.2, -0.15) is 0 Å². The minimum Gasteiger partial charge on any atom is -0.497 e. The van der Waals surface area contributed by atoms with Crippen molar-refractivity contribution in [3.63, 3.8) is 0 Å². The van der Waals surface area contributed by atoms with Crippen LogP contribution in [0.5, 0.6) is 5.75 Å². The van der Waals surface area contributed by atoms with Crippen molar-refractivity contribution in [2.45, 2.75) is 25.4 Å². The molecule has 4 rings (SSSR count).